The molecule has 2 aromatic rings. The van der Waals surface area contributed by atoms with Gasteiger partial charge in [-0.2, -0.15) is 0 Å². The molecular formula is C17H17ClN2OS. The molecule has 22 heavy (non-hydrogen) atoms. The average molecular weight is 333 g/mol. The molecule has 0 unspecified atom stereocenters. The Labute approximate surface area is 139 Å². The highest BCUT2D eigenvalue weighted by molar-refractivity contribution is 7.10. The predicted octanol–water partition coefficient (Wildman–Crippen LogP) is 3.76. The minimum Gasteiger partial charge on any atom is -0.367 e. The Hall–Kier alpha value is -1.78. The molecule has 3 nitrogen and oxygen atoms in total. The second kappa shape index (κ2) is 6.99. The van der Waals surface area contributed by atoms with Crippen molar-refractivity contribution in [2.45, 2.75) is 0 Å². The van der Waals surface area contributed by atoms with Crippen molar-refractivity contribution in [1.82, 2.24) is 4.90 Å². The van der Waals surface area contributed by atoms with Crippen LogP contribution < -0.4 is 4.90 Å². The maximum absolute atomic E-state index is 12.2. The zero-order chi connectivity index (χ0) is 15.4. The van der Waals surface area contributed by atoms with Crippen LogP contribution in [-0.4, -0.2) is 37.0 Å². The summed E-state index contributed by atoms with van der Waals surface area (Å²) in [5, 5.41) is 2.77. The van der Waals surface area contributed by atoms with Crippen LogP contribution in [0.3, 0.4) is 0 Å². The van der Waals surface area contributed by atoms with Crippen LogP contribution in [-0.2, 0) is 4.79 Å². The van der Waals surface area contributed by atoms with Crippen molar-refractivity contribution in [1.29, 1.82) is 0 Å². The third kappa shape index (κ3) is 3.51. The van der Waals surface area contributed by atoms with Gasteiger partial charge < -0.3 is 9.80 Å². The first-order valence-corrected chi connectivity index (χ1v) is 8.50. The average Bonchev–Trinajstić information content (AvgIpc) is 3.07. The van der Waals surface area contributed by atoms with E-state index in [1.807, 2.05) is 52.8 Å². The highest BCUT2D eigenvalue weighted by Gasteiger charge is 2.20. The lowest BCUT2D eigenvalue weighted by Crippen LogP contribution is -2.48. The minimum absolute atomic E-state index is 0.0761. The molecule has 2 heterocycles. The number of nitrogens with zero attached hydrogens (tertiary/aromatic N) is 2. The fourth-order valence-electron chi connectivity index (χ4n) is 2.52. The molecule has 1 saturated heterocycles. The largest absolute Gasteiger partial charge is 0.367 e. The molecule has 0 bridgehead atoms. The monoisotopic (exact) mass is 332 g/mol. The van der Waals surface area contributed by atoms with E-state index in [2.05, 4.69) is 4.90 Å². The summed E-state index contributed by atoms with van der Waals surface area (Å²) in [6, 6.07) is 11.8. The van der Waals surface area contributed by atoms with E-state index >= 15 is 0 Å². The molecule has 0 N–H and O–H groups in total. The van der Waals surface area contributed by atoms with Gasteiger partial charge in [-0.25, -0.2) is 0 Å². The lowest BCUT2D eigenvalue weighted by molar-refractivity contribution is -0.126. The molecule has 1 amide bonds. The minimum atomic E-state index is 0.0761. The Morgan fingerprint density at radius 3 is 2.55 bits per heavy atom. The molecule has 1 fully saturated rings. The van der Waals surface area contributed by atoms with E-state index in [-0.39, 0.29) is 5.91 Å². The van der Waals surface area contributed by atoms with Gasteiger partial charge in [0.05, 0.1) is 10.7 Å². The maximum Gasteiger partial charge on any atom is 0.246 e. The van der Waals surface area contributed by atoms with Crippen LogP contribution in [0, 0.1) is 0 Å². The zero-order valence-electron chi connectivity index (χ0n) is 12.1. The Morgan fingerprint density at radius 2 is 1.86 bits per heavy atom. The predicted molar refractivity (Wildman–Crippen MR) is 93.6 cm³/mol. The highest BCUT2D eigenvalue weighted by atomic mass is 35.5. The van der Waals surface area contributed by atoms with Crippen LogP contribution in [0.5, 0.6) is 0 Å². The van der Waals surface area contributed by atoms with Gasteiger partial charge in [-0.05, 0) is 29.7 Å². The van der Waals surface area contributed by atoms with Crippen molar-refractivity contribution in [2.24, 2.45) is 0 Å². The van der Waals surface area contributed by atoms with Gasteiger partial charge in [0.1, 0.15) is 0 Å². The number of hydrogen-bond donors (Lipinski definition) is 0. The fourth-order valence-corrected chi connectivity index (χ4v) is 3.39. The van der Waals surface area contributed by atoms with Crippen LogP contribution in [0.1, 0.15) is 4.88 Å². The summed E-state index contributed by atoms with van der Waals surface area (Å²) in [4.78, 5) is 17.4. The second-order valence-electron chi connectivity index (χ2n) is 5.11. The molecule has 1 aliphatic heterocycles. The van der Waals surface area contributed by atoms with Crippen molar-refractivity contribution in [3.05, 3.63) is 57.8 Å². The number of thiophene rings is 1. The van der Waals surface area contributed by atoms with E-state index in [0.717, 1.165) is 41.8 Å². The number of benzene rings is 1. The summed E-state index contributed by atoms with van der Waals surface area (Å²) in [7, 11) is 0. The molecule has 0 saturated carbocycles. The van der Waals surface area contributed by atoms with Crippen LogP contribution in [0.15, 0.2) is 47.9 Å². The summed E-state index contributed by atoms with van der Waals surface area (Å²) in [5.74, 6) is 0.0761. The number of amides is 1. The first kappa shape index (κ1) is 15.1. The van der Waals surface area contributed by atoms with E-state index < -0.39 is 0 Å². The highest BCUT2D eigenvalue weighted by Crippen LogP contribution is 2.26. The number of anilines is 1. The molecule has 5 heteroatoms. The molecular weight excluding hydrogens is 316 g/mol. The number of para-hydroxylation sites is 1. The first-order valence-electron chi connectivity index (χ1n) is 7.24. The standard InChI is InChI=1S/C17H17ClN2OS/c18-15-5-1-2-6-16(15)19-9-11-20(12-10-19)17(21)8-7-14-4-3-13-22-14/h1-8,13H,9-12H2. The molecule has 114 valence electrons. The SMILES string of the molecule is O=C(C=Cc1cccs1)N1CCN(c2ccccc2Cl)CC1. The Morgan fingerprint density at radius 1 is 1.09 bits per heavy atom. The van der Waals surface area contributed by atoms with Crippen molar-refractivity contribution in [3.8, 4) is 0 Å². The molecule has 1 aromatic heterocycles. The van der Waals surface area contributed by atoms with Crippen LogP contribution in [0.25, 0.3) is 6.08 Å². The lowest BCUT2D eigenvalue weighted by atomic mass is 10.2. The van der Waals surface area contributed by atoms with Crippen LogP contribution in [0.4, 0.5) is 5.69 Å². The van der Waals surface area contributed by atoms with Gasteiger partial charge in [-0.3, -0.25) is 4.79 Å². The summed E-state index contributed by atoms with van der Waals surface area (Å²) >= 11 is 7.86. The van der Waals surface area contributed by atoms with Crippen molar-refractivity contribution in [3.63, 3.8) is 0 Å². The third-order valence-corrected chi connectivity index (χ3v) is 4.88. The number of halogens is 1. The Bertz CT molecular complexity index is 661. The van der Waals surface area contributed by atoms with E-state index in [1.165, 1.54) is 0 Å². The van der Waals surface area contributed by atoms with Crippen LogP contribution in [0.2, 0.25) is 5.02 Å². The molecule has 1 aliphatic rings. The number of carbonyl (C=O) groups excluding carboxylic acids is 1. The number of hydrogen-bond acceptors (Lipinski definition) is 3. The molecule has 0 aliphatic carbocycles. The van der Waals surface area contributed by atoms with Gasteiger partial charge in [0.25, 0.3) is 0 Å². The Balaban J connectivity index is 1.57. The van der Waals surface area contributed by atoms with Gasteiger partial charge in [0, 0.05) is 37.1 Å². The Kier molecular flexibility index (Phi) is 4.80. The molecule has 0 spiro atoms. The van der Waals surface area contributed by atoms with Gasteiger partial charge >= 0.3 is 0 Å². The van der Waals surface area contributed by atoms with Gasteiger partial charge in [0.15, 0.2) is 0 Å². The zero-order valence-corrected chi connectivity index (χ0v) is 13.7. The quantitative estimate of drug-likeness (QED) is 0.799. The second-order valence-corrected chi connectivity index (χ2v) is 6.50. The van der Waals surface area contributed by atoms with Crippen molar-refractivity contribution < 1.29 is 4.79 Å². The summed E-state index contributed by atoms with van der Waals surface area (Å²) < 4.78 is 0. The molecule has 3 rings (SSSR count). The fraction of sp³-hybridized carbons (Fsp3) is 0.235. The number of rotatable bonds is 3. The first-order chi connectivity index (χ1) is 10.7. The van der Waals surface area contributed by atoms with Crippen molar-refractivity contribution in [2.75, 3.05) is 31.1 Å². The molecule has 0 radical (unpaired) electrons. The van der Waals surface area contributed by atoms with Gasteiger partial charge in [-0.1, -0.05) is 29.8 Å². The number of carbonyl (C=O) groups is 1. The molecule has 0 atom stereocenters. The van der Waals surface area contributed by atoms with Crippen molar-refractivity contribution >= 4 is 40.6 Å². The topological polar surface area (TPSA) is 23.6 Å². The smallest absolute Gasteiger partial charge is 0.246 e. The summed E-state index contributed by atoms with van der Waals surface area (Å²) in [5.41, 5.74) is 1.05. The van der Waals surface area contributed by atoms with E-state index in [4.69, 9.17) is 11.6 Å². The van der Waals surface area contributed by atoms with Gasteiger partial charge in [0.2, 0.25) is 5.91 Å². The lowest BCUT2D eigenvalue weighted by Gasteiger charge is -2.36. The van der Waals surface area contributed by atoms with Gasteiger partial charge in [-0.15, -0.1) is 11.3 Å². The van der Waals surface area contributed by atoms with E-state index in [0.29, 0.717) is 0 Å². The van der Waals surface area contributed by atoms with E-state index in [9.17, 15) is 4.79 Å². The maximum atomic E-state index is 12.2. The summed E-state index contributed by atoms with van der Waals surface area (Å²) in [6.45, 7) is 3.06. The van der Waals surface area contributed by atoms with Crippen LogP contribution >= 0.6 is 22.9 Å². The van der Waals surface area contributed by atoms with E-state index in [1.54, 1.807) is 17.4 Å². The molecule has 1 aromatic carbocycles. The summed E-state index contributed by atoms with van der Waals surface area (Å²) in [6.07, 6.45) is 3.55. The number of piperazine rings is 1. The third-order valence-electron chi connectivity index (χ3n) is 3.72. The normalized spacial score (nSPS) is 15.5.